The van der Waals surface area contributed by atoms with Crippen LogP contribution >= 0.6 is 0 Å². The molecule has 1 unspecified atom stereocenters. The van der Waals surface area contributed by atoms with E-state index in [0.29, 0.717) is 5.56 Å². The third-order valence-electron chi connectivity index (χ3n) is 3.28. The van der Waals surface area contributed by atoms with Gasteiger partial charge in [-0.05, 0) is 43.5 Å². The Labute approximate surface area is 107 Å². The molecule has 1 atom stereocenters. The molecule has 0 bridgehead atoms. The molecule has 0 saturated heterocycles. The maximum atomic E-state index is 11.5. The van der Waals surface area contributed by atoms with Gasteiger partial charge < -0.3 is 9.47 Å². The molecular weight excluding hydrogens is 228 g/mol. The lowest BCUT2D eigenvalue weighted by Crippen LogP contribution is -2.29. The van der Waals surface area contributed by atoms with Crippen LogP contribution in [-0.2, 0) is 11.2 Å². The van der Waals surface area contributed by atoms with Gasteiger partial charge in [-0.1, -0.05) is 6.08 Å². The van der Waals surface area contributed by atoms with Crippen molar-refractivity contribution in [1.82, 2.24) is 0 Å². The Bertz CT molecular complexity index is 479. The third-order valence-corrected chi connectivity index (χ3v) is 3.28. The first-order valence-corrected chi connectivity index (χ1v) is 6.09. The SMILES string of the molecule is C=CCCC1(C)Cc2cc(C(=O)OC)ccc2O1. The first-order valence-electron chi connectivity index (χ1n) is 6.09. The van der Waals surface area contributed by atoms with E-state index in [4.69, 9.17) is 9.47 Å². The van der Waals surface area contributed by atoms with Crippen LogP contribution in [0.5, 0.6) is 5.75 Å². The van der Waals surface area contributed by atoms with Gasteiger partial charge in [0.25, 0.3) is 0 Å². The van der Waals surface area contributed by atoms with Crippen molar-refractivity contribution < 1.29 is 14.3 Å². The first-order chi connectivity index (χ1) is 8.58. The number of esters is 1. The molecule has 1 heterocycles. The van der Waals surface area contributed by atoms with Crippen molar-refractivity contribution in [3.8, 4) is 5.75 Å². The van der Waals surface area contributed by atoms with E-state index in [0.717, 1.165) is 30.6 Å². The lowest BCUT2D eigenvalue weighted by atomic mass is 9.93. The number of hydrogen-bond donors (Lipinski definition) is 0. The number of rotatable bonds is 4. The summed E-state index contributed by atoms with van der Waals surface area (Å²) in [6, 6.07) is 5.45. The summed E-state index contributed by atoms with van der Waals surface area (Å²) in [6.45, 7) is 5.83. The maximum absolute atomic E-state index is 11.5. The molecule has 1 aromatic rings. The highest BCUT2D eigenvalue weighted by atomic mass is 16.5. The molecule has 1 aromatic carbocycles. The van der Waals surface area contributed by atoms with Crippen molar-refractivity contribution in [2.45, 2.75) is 31.8 Å². The third kappa shape index (κ3) is 2.40. The van der Waals surface area contributed by atoms with Crippen molar-refractivity contribution in [2.24, 2.45) is 0 Å². The maximum Gasteiger partial charge on any atom is 0.337 e. The van der Waals surface area contributed by atoms with Crippen LogP contribution in [0.1, 0.15) is 35.7 Å². The number of allylic oxidation sites excluding steroid dienone is 1. The fourth-order valence-electron chi connectivity index (χ4n) is 2.31. The molecule has 0 saturated carbocycles. The monoisotopic (exact) mass is 246 g/mol. The zero-order valence-electron chi connectivity index (χ0n) is 10.9. The Morgan fingerprint density at radius 2 is 2.39 bits per heavy atom. The summed E-state index contributed by atoms with van der Waals surface area (Å²) in [5, 5.41) is 0. The Balaban J connectivity index is 2.19. The van der Waals surface area contributed by atoms with E-state index in [-0.39, 0.29) is 11.6 Å². The van der Waals surface area contributed by atoms with E-state index in [1.54, 1.807) is 6.07 Å². The van der Waals surface area contributed by atoms with Gasteiger partial charge in [0.05, 0.1) is 12.7 Å². The van der Waals surface area contributed by atoms with Crippen molar-refractivity contribution >= 4 is 5.97 Å². The molecule has 0 fully saturated rings. The Morgan fingerprint density at radius 3 is 3.06 bits per heavy atom. The quantitative estimate of drug-likeness (QED) is 0.605. The Hall–Kier alpha value is -1.77. The van der Waals surface area contributed by atoms with Gasteiger partial charge in [0, 0.05) is 6.42 Å². The molecule has 0 aliphatic carbocycles. The highest BCUT2D eigenvalue weighted by molar-refractivity contribution is 5.89. The van der Waals surface area contributed by atoms with Crippen LogP contribution in [0.2, 0.25) is 0 Å². The predicted octanol–water partition coefficient (Wildman–Crippen LogP) is 3.13. The highest BCUT2D eigenvalue weighted by Gasteiger charge is 2.34. The highest BCUT2D eigenvalue weighted by Crippen LogP contribution is 2.38. The van der Waals surface area contributed by atoms with Gasteiger partial charge >= 0.3 is 5.97 Å². The summed E-state index contributed by atoms with van der Waals surface area (Å²) in [7, 11) is 1.39. The first kappa shape index (κ1) is 12.7. The standard InChI is InChI=1S/C15H18O3/c1-4-5-8-15(2)10-12-9-11(14(16)17-3)6-7-13(12)18-15/h4,6-7,9H,1,5,8,10H2,2-3H3. The lowest BCUT2D eigenvalue weighted by molar-refractivity contribution is 0.0600. The van der Waals surface area contributed by atoms with Crippen LogP contribution in [0.4, 0.5) is 0 Å². The Kier molecular flexibility index (Phi) is 3.41. The molecule has 0 aromatic heterocycles. The lowest BCUT2D eigenvalue weighted by Gasteiger charge is -2.23. The fourth-order valence-corrected chi connectivity index (χ4v) is 2.31. The van der Waals surface area contributed by atoms with Crippen LogP contribution in [0, 0.1) is 0 Å². The van der Waals surface area contributed by atoms with Gasteiger partial charge in [-0.3, -0.25) is 0 Å². The van der Waals surface area contributed by atoms with Crippen LogP contribution < -0.4 is 4.74 Å². The second-order valence-electron chi connectivity index (χ2n) is 4.87. The summed E-state index contributed by atoms with van der Waals surface area (Å²) in [5.41, 5.74) is 1.46. The summed E-state index contributed by atoms with van der Waals surface area (Å²) in [5.74, 6) is 0.562. The van der Waals surface area contributed by atoms with Gasteiger partial charge in [-0.15, -0.1) is 6.58 Å². The number of ether oxygens (including phenoxy) is 2. The average molecular weight is 246 g/mol. The predicted molar refractivity (Wildman–Crippen MR) is 69.9 cm³/mol. The molecule has 0 spiro atoms. The fraction of sp³-hybridized carbons (Fsp3) is 0.400. The summed E-state index contributed by atoms with van der Waals surface area (Å²) >= 11 is 0. The van der Waals surface area contributed by atoms with E-state index >= 15 is 0 Å². The normalized spacial score (nSPS) is 21.0. The van der Waals surface area contributed by atoms with E-state index in [1.807, 2.05) is 18.2 Å². The van der Waals surface area contributed by atoms with Gasteiger partial charge in [0.15, 0.2) is 0 Å². The van der Waals surface area contributed by atoms with Crippen LogP contribution in [0.15, 0.2) is 30.9 Å². The van der Waals surface area contributed by atoms with Crippen LogP contribution in [0.3, 0.4) is 0 Å². The van der Waals surface area contributed by atoms with Crippen LogP contribution in [-0.4, -0.2) is 18.7 Å². The van der Waals surface area contributed by atoms with E-state index in [1.165, 1.54) is 7.11 Å². The number of fused-ring (bicyclic) bond motifs is 1. The van der Waals surface area contributed by atoms with E-state index < -0.39 is 0 Å². The zero-order chi connectivity index (χ0) is 13.2. The van der Waals surface area contributed by atoms with E-state index in [9.17, 15) is 4.79 Å². The van der Waals surface area contributed by atoms with Gasteiger partial charge in [0.2, 0.25) is 0 Å². The van der Waals surface area contributed by atoms with Crippen LogP contribution in [0.25, 0.3) is 0 Å². The second kappa shape index (κ2) is 4.84. The van der Waals surface area contributed by atoms with Gasteiger partial charge in [-0.2, -0.15) is 0 Å². The van der Waals surface area contributed by atoms with Crippen molar-refractivity contribution in [3.05, 3.63) is 42.0 Å². The molecule has 3 nitrogen and oxygen atoms in total. The van der Waals surface area contributed by atoms with Gasteiger partial charge in [0.1, 0.15) is 11.4 Å². The zero-order valence-corrected chi connectivity index (χ0v) is 10.9. The van der Waals surface area contributed by atoms with E-state index in [2.05, 4.69) is 13.5 Å². The molecule has 3 heteroatoms. The van der Waals surface area contributed by atoms with Crippen molar-refractivity contribution in [1.29, 1.82) is 0 Å². The molecule has 96 valence electrons. The van der Waals surface area contributed by atoms with Crippen molar-refractivity contribution in [3.63, 3.8) is 0 Å². The second-order valence-corrected chi connectivity index (χ2v) is 4.87. The topological polar surface area (TPSA) is 35.5 Å². The minimum Gasteiger partial charge on any atom is -0.487 e. The number of benzene rings is 1. The molecule has 1 aliphatic rings. The molecule has 0 N–H and O–H groups in total. The molecule has 18 heavy (non-hydrogen) atoms. The molecule has 1 aliphatic heterocycles. The number of methoxy groups -OCH3 is 1. The molecule has 0 amide bonds. The van der Waals surface area contributed by atoms with Gasteiger partial charge in [-0.25, -0.2) is 4.79 Å². The number of hydrogen-bond acceptors (Lipinski definition) is 3. The smallest absolute Gasteiger partial charge is 0.337 e. The minimum absolute atomic E-state index is 0.189. The largest absolute Gasteiger partial charge is 0.487 e. The number of carbonyl (C=O) groups is 1. The summed E-state index contributed by atoms with van der Waals surface area (Å²) < 4.78 is 10.7. The molecular formula is C15H18O3. The van der Waals surface area contributed by atoms with Crippen molar-refractivity contribution in [2.75, 3.05) is 7.11 Å². The average Bonchev–Trinajstić information content (AvgIpc) is 2.71. The number of carbonyl (C=O) groups excluding carboxylic acids is 1. The summed E-state index contributed by atoms with van der Waals surface area (Å²) in [4.78, 5) is 11.5. The molecule has 2 rings (SSSR count). The molecule has 0 radical (unpaired) electrons. The minimum atomic E-state index is -0.308. The Morgan fingerprint density at radius 1 is 1.61 bits per heavy atom. The summed E-state index contributed by atoms with van der Waals surface area (Å²) in [6.07, 6.45) is 4.57.